The molecule has 2 aliphatic heterocycles. The van der Waals surface area contributed by atoms with Gasteiger partial charge in [-0.15, -0.1) is 0 Å². The SMILES string of the molecule is C[C@H]1OCCN[C@@H]1C(=O)N1CCCC2(CCCc3ccccc32)C1. The number of hydrogen-bond acceptors (Lipinski definition) is 3. The van der Waals surface area contributed by atoms with Crippen molar-refractivity contribution in [2.75, 3.05) is 26.2 Å². The number of nitrogens with one attached hydrogen (secondary N) is 1. The van der Waals surface area contributed by atoms with E-state index in [9.17, 15) is 4.79 Å². The monoisotopic (exact) mass is 328 g/mol. The van der Waals surface area contributed by atoms with E-state index >= 15 is 0 Å². The first-order chi connectivity index (χ1) is 11.7. The Morgan fingerprint density at radius 2 is 2.12 bits per heavy atom. The Labute approximate surface area is 144 Å². The summed E-state index contributed by atoms with van der Waals surface area (Å²) in [7, 11) is 0. The molecule has 3 aliphatic rings. The first-order valence-corrected chi connectivity index (χ1v) is 9.42. The van der Waals surface area contributed by atoms with Crippen molar-refractivity contribution in [2.24, 2.45) is 0 Å². The number of likely N-dealkylation sites (tertiary alicyclic amines) is 1. The fourth-order valence-corrected chi connectivity index (χ4v) is 4.96. The summed E-state index contributed by atoms with van der Waals surface area (Å²) < 4.78 is 5.69. The van der Waals surface area contributed by atoms with E-state index in [1.165, 1.54) is 36.8 Å². The molecule has 0 bridgehead atoms. The van der Waals surface area contributed by atoms with Gasteiger partial charge in [-0.05, 0) is 50.2 Å². The predicted octanol–water partition coefficient (Wildman–Crippen LogP) is 2.26. The number of fused-ring (bicyclic) bond motifs is 2. The number of ether oxygens (including phenoxy) is 1. The summed E-state index contributed by atoms with van der Waals surface area (Å²) in [6.45, 7) is 5.22. The number of carbonyl (C=O) groups is 1. The average molecular weight is 328 g/mol. The lowest BCUT2D eigenvalue weighted by Crippen LogP contribution is -2.59. The van der Waals surface area contributed by atoms with Crippen molar-refractivity contribution >= 4 is 5.91 Å². The molecule has 1 aliphatic carbocycles. The topological polar surface area (TPSA) is 41.6 Å². The summed E-state index contributed by atoms with van der Waals surface area (Å²) in [4.78, 5) is 15.2. The van der Waals surface area contributed by atoms with Gasteiger partial charge in [0.25, 0.3) is 0 Å². The van der Waals surface area contributed by atoms with Crippen molar-refractivity contribution < 1.29 is 9.53 Å². The Bertz CT molecular complexity index is 617. The highest BCUT2D eigenvalue weighted by atomic mass is 16.5. The summed E-state index contributed by atoms with van der Waals surface area (Å²) in [6, 6.07) is 8.69. The first-order valence-electron chi connectivity index (χ1n) is 9.42. The third-order valence-electron chi connectivity index (χ3n) is 6.16. The van der Waals surface area contributed by atoms with Gasteiger partial charge in [0.2, 0.25) is 5.91 Å². The van der Waals surface area contributed by atoms with E-state index in [2.05, 4.69) is 34.5 Å². The van der Waals surface area contributed by atoms with Crippen molar-refractivity contribution in [3.05, 3.63) is 35.4 Å². The number of hydrogen-bond donors (Lipinski definition) is 1. The Hall–Kier alpha value is -1.39. The fraction of sp³-hybridized carbons (Fsp3) is 0.650. The van der Waals surface area contributed by atoms with Gasteiger partial charge in [-0.2, -0.15) is 0 Å². The number of morpholine rings is 1. The third kappa shape index (κ3) is 2.76. The van der Waals surface area contributed by atoms with Crippen LogP contribution in [0.15, 0.2) is 24.3 Å². The largest absolute Gasteiger partial charge is 0.375 e. The van der Waals surface area contributed by atoms with Crippen LogP contribution in [0.1, 0.15) is 43.7 Å². The number of nitrogens with zero attached hydrogens (tertiary/aromatic N) is 1. The van der Waals surface area contributed by atoms with E-state index in [0.717, 1.165) is 26.1 Å². The average Bonchev–Trinajstić information content (AvgIpc) is 2.62. The fourth-order valence-electron chi connectivity index (χ4n) is 4.96. The van der Waals surface area contributed by atoms with Crippen LogP contribution >= 0.6 is 0 Å². The van der Waals surface area contributed by atoms with Gasteiger partial charge in [0, 0.05) is 25.0 Å². The number of carbonyl (C=O) groups excluding carboxylic acids is 1. The maximum absolute atomic E-state index is 13.1. The maximum atomic E-state index is 13.1. The lowest BCUT2D eigenvalue weighted by atomic mass is 9.66. The van der Waals surface area contributed by atoms with Gasteiger partial charge < -0.3 is 15.0 Å². The van der Waals surface area contributed by atoms with Crippen LogP contribution in [0.5, 0.6) is 0 Å². The molecule has 3 atom stereocenters. The Kier molecular flexibility index (Phi) is 4.35. The molecular weight excluding hydrogens is 300 g/mol. The highest BCUT2D eigenvalue weighted by Gasteiger charge is 2.43. The zero-order valence-corrected chi connectivity index (χ0v) is 14.6. The van der Waals surface area contributed by atoms with Gasteiger partial charge in [0.15, 0.2) is 0 Å². The molecule has 0 saturated carbocycles. The van der Waals surface area contributed by atoms with Crippen LogP contribution in [0.4, 0.5) is 0 Å². The highest BCUT2D eigenvalue weighted by molar-refractivity contribution is 5.83. The number of amides is 1. The van der Waals surface area contributed by atoms with Crippen LogP contribution in [-0.2, 0) is 21.4 Å². The van der Waals surface area contributed by atoms with Crippen LogP contribution in [0, 0.1) is 0 Å². The summed E-state index contributed by atoms with van der Waals surface area (Å²) in [5.74, 6) is 0.226. The molecule has 1 amide bonds. The zero-order chi connectivity index (χ0) is 16.6. The predicted molar refractivity (Wildman–Crippen MR) is 94.1 cm³/mol. The molecule has 2 fully saturated rings. The van der Waals surface area contributed by atoms with Crippen LogP contribution in [0.3, 0.4) is 0 Å². The molecule has 4 heteroatoms. The minimum absolute atomic E-state index is 0.0391. The second-order valence-corrected chi connectivity index (χ2v) is 7.66. The summed E-state index contributed by atoms with van der Waals surface area (Å²) in [5.41, 5.74) is 3.15. The number of benzene rings is 1. The van der Waals surface area contributed by atoms with Crippen molar-refractivity contribution in [3.8, 4) is 0 Å². The molecule has 0 radical (unpaired) electrons. The third-order valence-corrected chi connectivity index (χ3v) is 6.16. The van der Waals surface area contributed by atoms with Gasteiger partial charge >= 0.3 is 0 Å². The standard InChI is InChI=1S/C20H28N2O2/c1-15-18(21-11-13-24-15)19(23)22-12-5-10-20(14-22)9-4-7-16-6-2-3-8-17(16)20/h2-3,6,8,15,18,21H,4-5,7,9-14H2,1H3/t15-,18+,20?/m1/s1. The van der Waals surface area contributed by atoms with Gasteiger partial charge in [0.1, 0.15) is 6.04 Å². The highest BCUT2D eigenvalue weighted by Crippen LogP contribution is 2.43. The van der Waals surface area contributed by atoms with Crippen LogP contribution in [0.2, 0.25) is 0 Å². The minimum atomic E-state index is -0.187. The van der Waals surface area contributed by atoms with Gasteiger partial charge in [-0.1, -0.05) is 24.3 Å². The molecule has 4 rings (SSSR count). The molecule has 24 heavy (non-hydrogen) atoms. The minimum Gasteiger partial charge on any atom is -0.375 e. The van der Waals surface area contributed by atoms with E-state index < -0.39 is 0 Å². The molecule has 2 heterocycles. The first kappa shape index (κ1) is 16.1. The lowest BCUT2D eigenvalue weighted by molar-refractivity contribution is -0.142. The number of piperidine rings is 1. The van der Waals surface area contributed by atoms with Crippen molar-refractivity contribution in [3.63, 3.8) is 0 Å². The second kappa shape index (κ2) is 6.49. The smallest absolute Gasteiger partial charge is 0.242 e. The molecule has 2 saturated heterocycles. The Morgan fingerprint density at radius 1 is 1.29 bits per heavy atom. The number of aryl methyl sites for hydroxylation is 1. The lowest BCUT2D eigenvalue weighted by Gasteiger charge is -2.47. The van der Waals surface area contributed by atoms with Gasteiger partial charge in [-0.3, -0.25) is 4.79 Å². The second-order valence-electron chi connectivity index (χ2n) is 7.66. The molecule has 1 spiro atoms. The van der Waals surface area contributed by atoms with Crippen LogP contribution in [0.25, 0.3) is 0 Å². The van der Waals surface area contributed by atoms with Crippen molar-refractivity contribution in [1.82, 2.24) is 10.2 Å². The summed E-state index contributed by atoms with van der Waals surface area (Å²) >= 11 is 0. The van der Waals surface area contributed by atoms with Crippen molar-refractivity contribution in [1.29, 1.82) is 0 Å². The van der Waals surface area contributed by atoms with E-state index in [1.54, 1.807) is 0 Å². The Balaban J connectivity index is 1.57. The molecule has 1 aromatic carbocycles. The molecule has 4 nitrogen and oxygen atoms in total. The molecule has 1 N–H and O–H groups in total. The molecule has 1 aromatic rings. The zero-order valence-electron chi connectivity index (χ0n) is 14.6. The van der Waals surface area contributed by atoms with E-state index in [1.807, 2.05) is 6.92 Å². The van der Waals surface area contributed by atoms with E-state index in [4.69, 9.17) is 4.74 Å². The summed E-state index contributed by atoms with van der Waals surface area (Å²) in [6.07, 6.45) is 5.89. The molecule has 1 unspecified atom stereocenters. The van der Waals surface area contributed by atoms with Gasteiger partial charge in [0.05, 0.1) is 12.7 Å². The van der Waals surface area contributed by atoms with Crippen LogP contribution < -0.4 is 5.32 Å². The molecular formula is C20H28N2O2. The van der Waals surface area contributed by atoms with Crippen molar-refractivity contribution in [2.45, 2.75) is 56.6 Å². The summed E-state index contributed by atoms with van der Waals surface area (Å²) in [5, 5.41) is 3.36. The normalized spacial score (nSPS) is 33.3. The Morgan fingerprint density at radius 3 is 3.00 bits per heavy atom. The quantitative estimate of drug-likeness (QED) is 0.860. The maximum Gasteiger partial charge on any atom is 0.242 e. The molecule has 130 valence electrons. The van der Waals surface area contributed by atoms with E-state index in [0.29, 0.717) is 6.61 Å². The van der Waals surface area contributed by atoms with Gasteiger partial charge in [-0.25, -0.2) is 0 Å². The molecule has 0 aromatic heterocycles. The van der Waals surface area contributed by atoms with Crippen LogP contribution in [-0.4, -0.2) is 49.2 Å². The number of rotatable bonds is 1. The van der Waals surface area contributed by atoms with E-state index in [-0.39, 0.29) is 23.5 Å².